The quantitative estimate of drug-likeness (QED) is 0.408. The highest BCUT2D eigenvalue weighted by Crippen LogP contribution is 2.39. The number of anilines is 3. The smallest absolute Gasteiger partial charge is 0.418 e. The molecule has 0 spiro atoms. The van der Waals surface area contributed by atoms with Crippen LogP contribution < -0.4 is 15.4 Å². The Morgan fingerprint density at radius 2 is 2.00 bits per heavy atom. The predicted molar refractivity (Wildman–Crippen MR) is 119 cm³/mol. The van der Waals surface area contributed by atoms with Gasteiger partial charge >= 0.3 is 6.18 Å². The highest BCUT2D eigenvalue weighted by atomic mass is 19.4. The molecule has 2 aromatic heterocycles. The normalized spacial score (nSPS) is 18.1. The Morgan fingerprint density at radius 1 is 1.24 bits per heavy atom. The van der Waals surface area contributed by atoms with Gasteiger partial charge in [0.25, 0.3) is 0 Å². The summed E-state index contributed by atoms with van der Waals surface area (Å²) < 4.78 is 51.3. The first-order chi connectivity index (χ1) is 16.3. The topological polar surface area (TPSA) is 108 Å². The highest BCUT2D eigenvalue weighted by Gasteiger charge is 2.36. The number of nitrogens with one attached hydrogen (secondary N) is 3. The predicted octanol–water partition coefficient (Wildman–Crippen LogP) is 3.63. The molecule has 1 unspecified atom stereocenters. The molecule has 4 N–H and O–H groups in total. The summed E-state index contributed by atoms with van der Waals surface area (Å²) >= 11 is 0. The van der Waals surface area contributed by atoms with Crippen LogP contribution in [0, 0.1) is 0 Å². The standard InChI is InChI=1S/C22H25F3N6O3/c1-33-16-10-12(20(32)31-6-8-34-9-7-31)2-5-15(16)28-21-29-18-17(14(11-26-18)22(23,24)25)19(30-21)27-13-3-4-13/h2,5,10-11,13,20,32H,3-4,6-9H2,1H3,(H3,26,27,28,29,30). The average Bonchev–Trinajstić information content (AvgIpc) is 3.53. The minimum absolute atomic E-state index is 0.0753. The molecule has 0 radical (unpaired) electrons. The number of benzene rings is 1. The summed E-state index contributed by atoms with van der Waals surface area (Å²) in [5.74, 6) is 0.681. The van der Waals surface area contributed by atoms with E-state index in [4.69, 9.17) is 9.47 Å². The first-order valence-electron chi connectivity index (χ1n) is 11.0. The van der Waals surface area contributed by atoms with Gasteiger partial charge in [0.15, 0.2) is 0 Å². The fourth-order valence-corrected chi connectivity index (χ4v) is 3.96. The van der Waals surface area contributed by atoms with Crippen molar-refractivity contribution in [1.82, 2.24) is 19.9 Å². The molecule has 5 rings (SSSR count). The number of nitrogens with zero attached hydrogens (tertiary/aromatic N) is 3. The van der Waals surface area contributed by atoms with Gasteiger partial charge in [-0.2, -0.15) is 23.1 Å². The largest absolute Gasteiger partial charge is 0.495 e. The van der Waals surface area contributed by atoms with Gasteiger partial charge in [0, 0.05) is 25.3 Å². The van der Waals surface area contributed by atoms with E-state index in [-0.39, 0.29) is 28.8 Å². The third kappa shape index (κ3) is 4.61. The average molecular weight is 478 g/mol. The van der Waals surface area contributed by atoms with Gasteiger partial charge in [0.05, 0.1) is 37.0 Å². The number of aliphatic hydroxyl groups excluding tert-OH is 1. The summed E-state index contributed by atoms with van der Waals surface area (Å²) in [4.78, 5) is 13.1. The van der Waals surface area contributed by atoms with Crippen LogP contribution in [0.15, 0.2) is 24.4 Å². The molecule has 1 aliphatic carbocycles. The van der Waals surface area contributed by atoms with Crippen LogP contribution in [-0.2, 0) is 10.9 Å². The van der Waals surface area contributed by atoms with Crippen molar-refractivity contribution in [2.24, 2.45) is 0 Å². The SMILES string of the molecule is COc1cc(C(O)N2CCOCC2)ccc1Nc1nc(NC2CC2)c2c(C(F)(F)F)c[nH]c2n1. The number of aromatic amines is 1. The molecule has 0 amide bonds. The molecule has 1 saturated heterocycles. The molecule has 3 aromatic rings. The lowest BCUT2D eigenvalue weighted by Crippen LogP contribution is -2.39. The van der Waals surface area contributed by atoms with Crippen LogP contribution in [0.4, 0.5) is 30.6 Å². The number of H-pyrrole nitrogens is 1. The Bertz CT molecular complexity index is 1170. The monoisotopic (exact) mass is 478 g/mol. The zero-order valence-electron chi connectivity index (χ0n) is 18.4. The van der Waals surface area contributed by atoms with Gasteiger partial charge in [0.1, 0.15) is 23.4 Å². The summed E-state index contributed by atoms with van der Waals surface area (Å²) in [7, 11) is 1.50. The van der Waals surface area contributed by atoms with Crippen LogP contribution in [0.2, 0.25) is 0 Å². The van der Waals surface area contributed by atoms with Crippen molar-refractivity contribution in [3.05, 3.63) is 35.5 Å². The number of alkyl halides is 3. The maximum absolute atomic E-state index is 13.5. The van der Waals surface area contributed by atoms with E-state index in [1.165, 1.54) is 7.11 Å². The lowest BCUT2D eigenvalue weighted by Gasteiger charge is -2.31. The number of aliphatic hydroxyl groups is 1. The third-order valence-corrected chi connectivity index (χ3v) is 5.92. The van der Waals surface area contributed by atoms with E-state index in [0.29, 0.717) is 43.3 Å². The lowest BCUT2D eigenvalue weighted by molar-refractivity contribution is -0.136. The van der Waals surface area contributed by atoms with Gasteiger partial charge in [-0.15, -0.1) is 0 Å². The van der Waals surface area contributed by atoms with Crippen LogP contribution in [0.3, 0.4) is 0 Å². The Kier molecular flexibility index (Phi) is 5.96. The van der Waals surface area contributed by atoms with E-state index in [1.54, 1.807) is 18.2 Å². The van der Waals surface area contributed by atoms with E-state index in [9.17, 15) is 18.3 Å². The molecular formula is C22H25F3N6O3. The number of methoxy groups -OCH3 is 1. The van der Waals surface area contributed by atoms with Crippen molar-refractivity contribution in [2.45, 2.75) is 31.3 Å². The van der Waals surface area contributed by atoms with Gasteiger partial charge in [-0.1, -0.05) is 6.07 Å². The molecule has 2 aliphatic rings. The van der Waals surface area contributed by atoms with Crippen LogP contribution in [0.25, 0.3) is 11.0 Å². The molecule has 1 aromatic carbocycles. The molecule has 1 saturated carbocycles. The fourth-order valence-electron chi connectivity index (χ4n) is 3.96. The maximum Gasteiger partial charge on any atom is 0.418 e. The van der Waals surface area contributed by atoms with E-state index in [0.717, 1.165) is 19.0 Å². The Balaban J connectivity index is 1.45. The van der Waals surface area contributed by atoms with E-state index < -0.39 is 18.0 Å². The molecule has 3 heterocycles. The number of aromatic nitrogens is 3. The zero-order valence-corrected chi connectivity index (χ0v) is 18.4. The van der Waals surface area contributed by atoms with Crippen molar-refractivity contribution >= 4 is 28.5 Å². The van der Waals surface area contributed by atoms with Gasteiger partial charge in [-0.3, -0.25) is 4.90 Å². The number of hydrogen-bond acceptors (Lipinski definition) is 8. The van der Waals surface area contributed by atoms with Gasteiger partial charge in [0.2, 0.25) is 5.95 Å². The molecule has 182 valence electrons. The maximum atomic E-state index is 13.5. The van der Waals surface area contributed by atoms with Crippen molar-refractivity contribution in [3.63, 3.8) is 0 Å². The van der Waals surface area contributed by atoms with Crippen LogP contribution in [-0.4, -0.2) is 64.4 Å². The number of ether oxygens (including phenoxy) is 2. The number of halogens is 3. The highest BCUT2D eigenvalue weighted by molar-refractivity contribution is 5.92. The summed E-state index contributed by atoms with van der Waals surface area (Å²) in [5, 5.41) is 16.8. The van der Waals surface area contributed by atoms with Gasteiger partial charge < -0.3 is 30.2 Å². The summed E-state index contributed by atoms with van der Waals surface area (Å²) in [6.45, 7) is 2.34. The lowest BCUT2D eigenvalue weighted by atomic mass is 10.1. The molecule has 1 atom stereocenters. The minimum atomic E-state index is -4.53. The summed E-state index contributed by atoms with van der Waals surface area (Å²) in [6.07, 6.45) is -2.68. The Morgan fingerprint density at radius 3 is 2.68 bits per heavy atom. The minimum Gasteiger partial charge on any atom is -0.495 e. The first-order valence-corrected chi connectivity index (χ1v) is 11.0. The van der Waals surface area contributed by atoms with Gasteiger partial charge in [-0.25, -0.2) is 0 Å². The second kappa shape index (κ2) is 8.93. The van der Waals surface area contributed by atoms with Crippen molar-refractivity contribution in [1.29, 1.82) is 0 Å². The molecule has 1 aliphatic heterocycles. The second-order valence-corrected chi connectivity index (χ2v) is 8.34. The van der Waals surface area contributed by atoms with Crippen molar-refractivity contribution in [2.75, 3.05) is 44.0 Å². The third-order valence-electron chi connectivity index (χ3n) is 5.92. The molecule has 2 fully saturated rings. The summed E-state index contributed by atoms with van der Waals surface area (Å²) in [6, 6.07) is 5.27. The van der Waals surface area contributed by atoms with Crippen LogP contribution in [0.5, 0.6) is 5.75 Å². The Labute approximate surface area is 193 Å². The summed E-state index contributed by atoms with van der Waals surface area (Å²) in [5.41, 5.74) is 0.429. The van der Waals surface area contributed by atoms with E-state index in [1.807, 2.05) is 4.90 Å². The van der Waals surface area contributed by atoms with E-state index >= 15 is 0 Å². The number of morpholine rings is 1. The van der Waals surface area contributed by atoms with Crippen molar-refractivity contribution < 1.29 is 27.8 Å². The first kappa shape index (κ1) is 22.7. The molecule has 0 bridgehead atoms. The number of rotatable bonds is 7. The van der Waals surface area contributed by atoms with Crippen molar-refractivity contribution in [3.8, 4) is 5.75 Å². The number of fused-ring (bicyclic) bond motifs is 1. The second-order valence-electron chi connectivity index (χ2n) is 8.34. The molecule has 9 nitrogen and oxygen atoms in total. The fraction of sp³-hybridized carbons (Fsp3) is 0.455. The molecule has 34 heavy (non-hydrogen) atoms. The number of hydrogen-bond donors (Lipinski definition) is 4. The van der Waals surface area contributed by atoms with E-state index in [2.05, 4.69) is 25.6 Å². The zero-order chi connectivity index (χ0) is 23.9. The molecule has 12 heteroatoms. The Hall–Kier alpha value is -3.09. The van der Waals surface area contributed by atoms with Crippen LogP contribution in [0.1, 0.15) is 30.2 Å². The van der Waals surface area contributed by atoms with Crippen LogP contribution >= 0.6 is 0 Å². The van der Waals surface area contributed by atoms with Gasteiger partial charge in [-0.05, 0) is 30.5 Å². The molecular weight excluding hydrogens is 453 g/mol.